The first-order valence-corrected chi connectivity index (χ1v) is 8.28. The molecule has 0 unspecified atom stereocenters. The van der Waals surface area contributed by atoms with Gasteiger partial charge in [-0.25, -0.2) is 18.4 Å². The third-order valence-electron chi connectivity index (χ3n) is 4.04. The standard InChI is InChI=1S/C19H13F2N5O2/c20-12-6-4-11(5-7-12)15-9-16-19(28)24-23-17(26(16)25-15)10-18(27)22-14-3-1-2-13(21)8-14/h1-9H,10H2,(H,22,27)(H,24,28). The Hall–Kier alpha value is -3.88. The van der Waals surface area contributed by atoms with Crippen LogP contribution in [0.25, 0.3) is 16.8 Å². The van der Waals surface area contributed by atoms with Crippen LogP contribution in [0.3, 0.4) is 0 Å². The zero-order valence-corrected chi connectivity index (χ0v) is 14.3. The number of benzene rings is 2. The van der Waals surface area contributed by atoms with Gasteiger partial charge in [0.1, 0.15) is 17.2 Å². The average molecular weight is 381 g/mol. The maximum absolute atomic E-state index is 13.2. The second-order valence-corrected chi connectivity index (χ2v) is 6.04. The predicted molar refractivity (Wildman–Crippen MR) is 97.7 cm³/mol. The van der Waals surface area contributed by atoms with Crippen molar-refractivity contribution in [1.29, 1.82) is 0 Å². The van der Waals surface area contributed by atoms with Crippen molar-refractivity contribution in [2.75, 3.05) is 5.32 Å². The van der Waals surface area contributed by atoms with E-state index in [2.05, 4.69) is 20.6 Å². The SMILES string of the molecule is O=C(Cc1n[nH]c(=O)c2cc(-c3ccc(F)cc3)nn12)Nc1cccc(F)c1. The van der Waals surface area contributed by atoms with E-state index in [1.165, 1.54) is 53.0 Å². The Morgan fingerprint density at radius 1 is 1.07 bits per heavy atom. The number of anilines is 1. The van der Waals surface area contributed by atoms with Gasteiger partial charge in [-0.05, 0) is 48.5 Å². The summed E-state index contributed by atoms with van der Waals surface area (Å²) in [4.78, 5) is 24.4. The Kier molecular flexibility index (Phi) is 4.40. The maximum Gasteiger partial charge on any atom is 0.290 e. The smallest absolute Gasteiger partial charge is 0.290 e. The van der Waals surface area contributed by atoms with Crippen LogP contribution in [0.2, 0.25) is 0 Å². The van der Waals surface area contributed by atoms with Crippen molar-refractivity contribution in [2.24, 2.45) is 0 Å². The number of nitrogens with one attached hydrogen (secondary N) is 2. The summed E-state index contributed by atoms with van der Waals surface area (Å²) in [6.45, 7) is 0. The largest absolute Gasteiger partial charge is 0.326 e. The van der Waals surface area contributed by atoms with Crippen LogP contribution in [0.1, 0.15) is 5.82 Å². The van der Waals surface area contributed by atoms with E-state index in [9.17, 15) is 18.4 Å². The maximum atomic E-state index is 13.2. The molecule has 4 aromatic rings. The number of aromatic nitrogens is 4. The van der Waals surface area contributed by atoms with Crippen molar-refractivity contribution in [3.63, 3.8) is 0 Å². The van der Waals surface area contributed by atoms with Gasteiger partial charge >= 0.3 is 0 Å². The summed E-state index contributed by atoms with van der Waals surface area (Å²) in [5, 5.41) is 13.1. The Labute approximate surface area is 156 Å². The molecule has 0 radical (unpaired) electrons. The van der Waals surface area contributed by atoms with Crippen LogP contribution in [0.5, 0.6) is 0 Å². The number of hydrogen-bond donors (Lipinski definition) is 2. The zero-order chi connectivity index (χ0) is 19.7. The molecule has 4 rings (SSSR count). The van der Waals surface area contributed by atoms with E-state index in [-0.39, 0.29) is 23.6 Å². The van der Waals surface area contributed by atoms with Crippen molar-refractivity contribution in [2.45, 2.75) is 6.42 Å². The van der Waals surface area contributed by atoms with E-state index in [0.717, 1.165) is 0 Å². The zero-order valence-electron chi connectivity index (χ0n) is 14.3. The minimum atomic E-state index is -0.477. The third kappa shape index (κ3) is 3.50. The Morgan fingerprint density at radius 2 is 1.86 bits per heavy atom. The molecule has 0 saturated heterocycles. The Bertz CT molecular complexity index is 1230. The van der Waals surface area contributed by atoms with Crippen LogP contribution in [-0.4, -0.2) is 25.7 Å². The summed E-state index contributed by atoms with van der Waals surface area (Å²) in [5.41, 5.74) is 1.07. The fourth-order valence-electron chi connectivity index (χ4n) is 2.75. The molecule has 2 heterocycles. The molecule has 2 aromatic carbocycles. The highest BCUT2D eigenvalue weighted by Gasteiger charge is 2.15. The molecular weight excluding hydrogens is 368 g/mol. The molecule has 1 amide bonds. The lowest BCUT2D eigenvalue weighted by molar-refractivity contribution is -0.115. The summed E-state index contributed by atoms with van der Waals surface area (Å²) in [6.07, 6.45) is -0.200. The summed E-state index contributed by atoms with van der Waals surface area (Å²) in [7, 11) is 0. The van der Waals surface area contributed by atoms with Gasteiger partial charge in [-0.2, -0.15) is 10.2 Å². The highest BCUT2D eigenvalue weighted by atomic mass is 19.1. The quantitative estimate of drug-likeness (QED) is 0.568. The van der Waals surface area contributed by atoms with E-state index < -0.39 is 17.3 Å². The van der Waals surface area contributed by atoms with Crippen LogP contribution >= 0.6 is 0 Å². The number of H-pyrrole nitrogens is 1. The number of carbonyl (C=O) groups is 1. The Morgan fingerprint density at radius 3 is 2.61 bits per heavy atom. The van der Waals surface area contributed by atoms with Crippen LogP contribution in [-0.2, 0) is 11.2 Å². The number of halogens is 2. The molecule has 0 saturated carbocycles. The number of amides is 1. The highest BCUT2D eigenvalue weighted by Crippen LogP contribution is 2.19. The molecule has 0 aliphatic heterocycles. The number of aromatic amines is 1. The van der Waals surface area contributed by atoms with Gasteiger partial charge in [-0.15, -0.1) is 0 Å². The first-order chi connectivity index (χ1) is 13.5. The van der Waals surface area contributed by atoms with E-state index in [1.54, 1.807) is 6.07 Å². The molecule has 140 valence electrons. The van der Waals surface area contributed by atoms with Crippen molar-refractivity contribution in [3.8, 4) is 11.3 Å². The normalized spacial score (nSPS) is 10.9. The van der Waals surface area contributed by atoms with Gasteiger partial charge in [0.15, 0.2) is 5.82 Å². The molecule has 0 spiro atoms. The average Bonchev–Trinajstić information content (AvgIpc) is 3.11. The first-order valence-electron chi connectivity index (χ1n) is 8.28. The van der Waals surface area contributed by atoms with Gasteiger partial charge in [-0.1, -0.05) is 6.07 Å². The molecule has 0 aliphatic carbocycles. The summed E-state index contributed by atoms with van der Waals surface area (Å²) in [6, 6.07) is 12.7. The molecule has 0 bridgehead atoms. The van der Waals surface area contributed by atoms with Crippen molar-refractivity contribution >= 4 is 17.1 Å². The van der Waals surface area contributed by atoms with E-state index in [0.29, 0.717) is 16.9 Å². The number of hydrogen-bond acceptors (Lipinski definition) is 4. The van der Waals surface area contributed by atoms with Gasteiger partial charge < -0.3 is 5.32 Å². The van der Waals surface area contributed by atoms with Crippen molar-refractivity contribution in [1.82, 2.24) is 19.8 Å². The monoisotopic (exact) mass is 381 g/mol. The van der Waals surface area contributed by atoms with Gasteiger partial charge in [-0.3, -0.25) is 9.59 Å². The molecule has 2 aromatic heterocycles. The molecule has 28 heavy (non-hydrogen) atoms. The lowest BCUT2D eigenvalue weighted by Gasteiger charge is -2.06. The highest BCUT2D eigenvalue weighted by molar-refractivity contribution is 5.91. The minimum Gasteiger partial charge on any atom is -0.326 e. The van der Waals surface area contributed by atoms with Crippen LogP contribution in [0, 0.1) is 11.6 Å². The lowest BCUT2D eigenvalue weighted by atomic mass is 10.1. The summed E-state index contributed by atoms with van der Waals surface area (Å²) >= 11 is 0. The van der Waals surface area contributed by atoms with E-state index in [1.807, 2.05) is 0 Å². The second kappa shape index (κ2) is 7.03. The molecule has 7 nitrogen and oxygen atoms in total. The number of fused-ring (bicyclic) bond motifs is 1. The van der Waals surface area contributed by atoms with Crippen LogP contribution in [0.4, 0.5) is 14.5 Å². The van der Waals surface area contributed by atoms with Crippen molar-refractivity contribution in [3.05, 3.63) is 82.4 Å². The fourth-order valence-corrected chi connectivity index (χ4v) is 2.75. The third-order valence-corrected chi connectivity index (χ3v) is 4.04. The fraction of sp³-hybridized carbons (Fsp3) is 0.0526. The van der Waals surface area contributed by atoms with Gasteiger partial charge in [0.05, 0.1) is 12.1 Å². The molecule has 0 fully saturated rings. The van der Waals surface area contributed by atoms with Crippen LogP contribution in [0.15, 0.2) is 59.4 Å². The predicted octanol–water partition coefficient (Wildman–Crippen LogP) is 2.54. The Balaban J connectivity index is 1.65. The second-order valence-electron chi connectivity index (χ2n) is 6.04. The topological polar surface area (TPSA) is 92.2 Å². The summed E-state index contributed by atoms with van der Waals surface area (Å²) in [5.74, 6) is -1.12. The lowest BCUT2D eigenvalue weighted by Crippen LogP contribution is -2.22. The van der Waals surface area contributed by atoms with E-state index >= 15 is 0 Å². The molecule has 2 N–H and O–H groups in total. The number of nitrogens with zero attached hydrogens (tertiary/aromatic N) is 3. The van der Waals surface area contributed by atoms with Crippen LogP contribution < -0.4 is 10.9 Å². The van der Waals surface area contributed by atoms with Gasteiger partial charge in [0, 0.05) is 11.3 Å². The minimum absolute atomic E-state index is 0.192. The molecule has 9 heteroatoms. The van der Waals surface area contributed by atoms with Gasteiger partial charge in [0.2, 0.25) is 5.91 Å². The number of rotatable bonds is 4. The van der Waals surface area contributed by atoms with E-state index in [4.69, 9.17) is 0 Å². The molecule has 0 atom stereocenters. The molecular formula is C19H13F2N5O2. The van der Waals surface area contributed by atoms with Crippen molar-refractivity contribution < 1.29 is 13.6 Å². The van der Waals surface area contributed by atoms with Gasteiger partial charge in [0.25, 0.3) is 5.56 Å². The number of carbonyl (C=O) groups excluding carboxylic acids is 1. The molecule has 0 aliphatic rings. The summed E-state index contributed by atoms with van der Waals surface area (Å²) < 4.78 is 27.6. The first kappa shape index (κ1) is 17.5.